The van der Waals surface area contributed by atoms with Crippen molar-refractivity contribution >= 4 is 29.1 Å². The maximum absolute atomic E-state index is 12.2. The molecule has 1 aliphatic heterocycles. The van der Waals surface area contributed by atoms with Crippen molar-refractivity contribution in [2.75, 3.05) is 6.61 Å². The van der Waals surface area contributed by atoms with Gasteiger partial charge in [0.25, 0.3) is 23.4 Å². The van der Waals surface area contributed by atoms with E-state index in [1.165, 1.54) is 12.1 Å². The molecule has 0 radical (unpaired) electrons. The first-order chi connectivity index (χ1) is 13.3. The van der Waals surface area contributed by atoms with Gasteiger partial charge < -0.3 is 4.74 Å². The summed E-state index contributed by atoms with van der Waals surface area (Å²) in [5.41, 5.74) is 1.09. The van der Waals surface area contributed by atoms with Crippen LogP contribution < -0.4 is 10.2 Å². The van der Waals surface area contributed by atoms with Crippen LogP contribution in [-0.2, 0) is 4.79 Å². The quantitative estimate of drug-likeness (QED) is 0.440. The summed E-state index contributed by atoms with van der Waals surface area (Å²) in [7, 11) is 0. The third kappa shape index (κ3) is 3.33. The summed E-state index contributed by atoms with van der Waals surface area (Å²) in [5, 5.41) is 22.3. The molecule has 3 rings (SSSR count). The van der Waals surface area contributed by atoms with Crippen molar-refractivity contribution in [2.45, 2.75) is 0 Å². The number of amides is 3. The van der Waals surface area contributed by atoms with Crippen molar-refractivity contribution in [1.29, 1.82) is 0 Å². The Labute approximate surface area is 155 Å². The molecule has 2 aromatic rings. The Morgan fingerprint density at radius 1 is 1.00 bits per heavy atom. The van der Waals surface area contributed by atoms with Gasteiger partial charge in [0.1, 0.15) is 0 Å². The summed E-state index contributed by atoms with van der Waals surface area (Å²) in [6, 6.07) is 8.63. The lowest BCUT2D eigenvalue weighted by atomic mass is 10.1. The SMILES string of the molecule is O=C(COc1ccc([N+](=O)[O-])cc1[N+](=O)[O-])NN1C(=O)c2ccccc2C1=O. The van der Waals surface area contributed by atoms with Crippen LogP contribution in [0.1, 0.15) is 20.7 Å². The van der Waals surface area contributed by atoms with Crippen molar-refractivity contribution in [2.24, 2.45) is 0 Å². The lowest BCUT2D eigenvalue weighted by molar-refractivity contribution is -0.394. The minimum atomic E-state index is -0.929. The lowest BCUT2D eigenvalue weighted by Gasteiger charge is -2.15. The number of non-ortho nitro benzene ring substituents is 1. The number of carbonyl (C=O) groups excluding carboxylic acids is 3. The molecular weight excluding hydrogens is 376 g/mol. The van der Waals surface area contributed by atoms with Gasteiger partial charge in [-0.1, -0.05) is 12.1 Å². The molecule has 0 unspecified atom stereocenters. The summed E-state index contributed by atoms with van der Waals surface area (Å²) in [6.07, 6.45) is 0. The molecule has 0 aliphatic carbocycles. The molecule has 12 nitrogen and oxygen atoms in total. The maximum atomic E-state index is 12.2. The van der Waals surface area contributed by atoms with E-state index in [1.807, 2.05) is 0 Å². The van der Waals surface area contributed by atoms with E-state index in [4.69, 9.17) is 4.74 Å². The van der Waals surface area contributed by atoms with Gasteiger partial charge in [0.05, 0.1) is 27.0 Å². The van der Waals surface area contributed by atoms with Gasteiger partial charge >= 0.3 is 5.69 Å². The van der Waals surface area contributed by atoms with Crippen LogP contribution in [0.2, 0.25) is 0 Å². The van der Waals surface area contributed by atoms with E-state index >= 15 is 0 Å². The van der Waals surface area contributed by atoms with Crippen LogP contribution in [0.5, 0.6) is 5.75 Å². The Bertz CT molecular complexity index is 1000. The topological polar surface area (TPSA) is 162 Å². The van der Waals surface area contributed by atoms with Crippen molar-refractivity contribution in [3.63, 3.8) is 0 Å². The molecule has 0 saturated carbocycles. The summed E-state index contributed by atoms with van der Waals surface area (Å²) < 4.78 is 5.03. The molecule has 1 heterocycles. The first kappa shape index (κ1) is 18.4. The van der Waals surface area contributed by atoms with Gasteiger partial charge in [-0.15, -0.1) is 0 Å². The Hall–Kier alpha value is -4.35. The second-order valence-corrected chi connectivity index (χ2v) is 5.48. The number of fused-ring (bicyclic) bond motifs is 1. The van der Waals surface area contributed by atoms with Crippen molar-refractivity contribution in [3.05, 3.63) is 73.8 Å². The smallest absolute Gasteiger partial charge is 0.317 e. The van der Waals surface area contributed by atoms with Crippen LogP contribution in [-0.4, -0.2) is 39.2 Å². The minimum Gasteiger partial charge on any atom is -0.477 e. The molecule has 1 N–H and O–H groups in total. The number of nitro benzene ring substituents is 2. The molecule has 1 aliphatic rings. The van der Waals surface area contributed by atoms with Gasteiger partial charge in [-0.05, 0) is 18.2 Å². The number of benzene rings is 2. The minimum absolute atomic E-state index is 0.125. The van der Waals surface area contributed by atoms with Gasteiger partial charge in [0.2, 0.25) is 0 Å². The van der Waals surface area contributed by atoms with Gasteiger partial charge in [-0.3, -0.25) is 40.0 Å². The van der Waals surface area contributed by atoms with Crippen molar-refractivity contribution in [1.82, 2.24) is 10.4 Å². The maximum Gasteiger partial charge on any atom is 0.317 e. The molecule has 2 aromatic carbocycles. The average molecular weight is 386 g/mol. The molecule has 0 atom stereocenters. The average Bonchev–Trinajstić information content (AvgIpc) is 2.91. The number of hydrogen-bond donors (Lipinski definition) is 1. The van der Waals surface area contributed by atoms with E-state index in [2.05, 4.69) is 5.43 Å². The van der Waals surface area contributed by atoms with Crippen LogP contribution in [0.4, 0.5) is 11.4 Å². The van der Waals surface area contributed by atoms with E-state index in [0.29, 0.717) is 11.1 Å². The highest BCUT2D eigenvalue weighted by molar-refractivity contribution is 6.21. The fourth-order valence-corrected chi connectivity index (χ4v) is 2.48. The number of rotatable bonds is 6. The summed E-state index contributed by atoms with van der Waals surface area (Å²) in [5.74, 6) is -2.76. The van der Waals surface area contributed by atoms with E-state index in [9.17, 15) is 34.6 Å². The summed E-state index contributed by atoms with van der Waals surface area (Å²) >= 11 is 0. The number of ether oxygens (including phenoxy) is 1. The molecule has 28 heavy (non-hydrogen) atoms. The third-order valence-corrected chi connectivity index (χ3v) is 3.74. The molecule has 12 heteroatoms. The van der Waals surface area contributed by atoms with Gasteiger partial charge in [0, 0.05) is 6.07 Å². The molecule has 0 fully saturated rings. The zero-order chi connectivity index (χ0) is 20.4. The molecule has 0 spiro atoms. The normalized spacial score (nSPS) is 12.5. The monoisotopic (exact) mass is 386 g/mol. The highest BCUT2D eigenvalue weighted by atomic mass is 16.6. The number of imide groups is 1. The number of carbonyl (C=O) groups is 3. The predicted octanol–water partition coefficient (Wildman–Crippen LogP) is 1.21. The molecule has 0 bridgehead atoms. The van der Waals surface area contributed by atoms with Gasteiger partial charge in [0.15, 0.2) is 12.4 Å². The molecule has 142 valence electrons. The van der Waals surface area contributed by atoms with Crippen LogP contribution >= 0.6 is 0 Å². The zero-order valence-corrected chi connectivity index (χ0v) is 13.9. The van der Waals surface area contributed by atoms with Gasteiger partial charge in [-0.2, -0.15) is 5.01 Å². The Kier molecular flexibility index (Phi) is 4.68. The van der Waals surface area contributed by atoms with Crippen LogP contribution in [0, 0.1) is 20.2 Å². The second kappa shape index (κ2) is 7.11. The predicted molar refractivity (Wildman–Crippen MR) is 90.3 cm³/mol. The first-order valence-corrected chi connectivity index (χ1v) is 7.62. The third-order valence-electron chi connectivity index (χ3n) is 3.74. The van der Waals surface area contributed by atoms with E-state index in [0.717, 1.165) is 12.1 Å². The fraction of sp³-hybridized carbons (Fsp3) is 0.0625. The van der Waals surface area contributed by atoms with Crippen LogP contribution in [0.3, 0.4) is 0 Å². The molecule has 0 saturated heterocycles. The number of nitrogens with zero attached hydrogens (tertiary/aromatic N) is 3. The van der Waals surface area contributed by atoms with Crippen molar-refractivity contribution < 1.29 is 29.0 Å². The Morgan fingerprint density at radius 2 is 1.61 bits per heavy atom. The number of nitrogens with one attached hydrogen (secondary N) is 1. The van der Waals surface area contributed by atoms with Crippen LogP contribution in [0.25, 0.3) is 0 Å². The van der Waals surface area contributed by atoms with Crippen LogP contribution in [0.15, 0.2) is 42.5 Å². The highest BCUT2D eigenvalue weighted by Crippen LogP contribution is 2.31. The molecule has 3 amide bonds. The summed E-state index contributed by atoms with van der Waals surface area (Å²) in [4.78, 5) is 56.4. The number of nitro groups is 2. The van der Waals surface area contributed by atoms with Gasteiger partial charge in [-0.25, -0.2) is 0 Å². The summed E-state index contributed by atoms with van der Waals surface area (Å²) in [6.45, 7) is -0.772. The Balaban J connectivity index is 1.69. The molecule has 0 aromatic heterocycles. The largest absolute Gasteiger partial charge is 0.477 e. The fourth-order valence-electron chi connectivity index (χ4n) is 2.48. The second-order valence-electron chi connectivity index (χ2n) is 5.48. The van der Waals surface area contributed by atoms with E-state index < -0.39 is 45.5 Å². The van der Waals surface area contributed by atoms with E-state index in [-0.39, 0.29) is 16.9 Å². The highest BCUT2D eigenvalue weighted by Gasteiger charge is 2.36. The Morgan fingerprint density at radius 3 is 2.14 bits per heavy atom. The standard InChI is InChI=1S/C16H10N4O8/c21-14(17-18-15(22)10-3-1-2-4-11(10)16(18)23)8-28-13-6-5-9(19(24)25)7-12(13)20(26)27/h1-7H,8H2,(H,17,21). The number of hydrazine groups is 1. The molecular formula is C16H10N4O8. The first-order valence-electron chi connectivity index (χ1n) is 7.62. The van der Waals surface area contributed by atoms with E-state index in [1.54, 1.807) is 12.1 Å². The van der Waals surface area contributed by atoms with Crippen molar-refractivity contribution in [3.8, 4) is 5.75 Å². The lowest BCUT2D eigenvalue weighted by Crippen LogP contribution is -2.47. The zero-order valence-electron chi connectivity index (χ0n) is 13.9. The number of hydrogen-bond acceptors (Lipinski definition) is 8.